The summed E-state index contributed by atoms with van der Waals surface area (Å²) in [5.74, 6) is -1.44. The van der Waals surface area contributed by atoms with E-state index in [-0.39, 0.29) is 6.54 Å². The Kier molecular flexibility index (Phi) is 5.35. The summed E-state index contributed by atoms with van der Waals surface area (Å²) < 4.78 is 0. The molecule has 0 spiro atoms. The average molecular weight is 359 g/mol. The lowest BCUT2D eigenvalue weighted by Gasteiger charge is -2.15. The van der Waals surface area contributed by atoms with E-state index in [1.807, 2.05) is 42.8 Å². The van der Waals surface area contributed by atoms with E-state index in [1.54, 1.807) is 0 Å². The highest BCUT2D eigenvalue weighted by atomic mass is 32.1. The van der Waals surface area contributed by atoms with Gasteiger partial charge >= 0.3 is 11.8 Å². The number of aliphatic hydroxyl groups is 1. The Labute approximate surface area is 150 Å². The molecule has 25 heavy (non-hydrogen) atoms. The minimum Gasteiger partial charge on any atom is -0.387 e. The molecule has 0 saturated heterocycles. The number of benzene rings is 1. The number of hydrogen-bond donors (Lipinski definition) is 3. The van der Waals surface area contributed by atoms with E-state index in [1.165, 1.54) is 22.6 Å². The molecule has 0 fully saturated rings. The monoisotopic (exact) mass is 359 g/mol. The zero-order valence-electron chi connectivity index (χ0n) is 14.0. The van der Waals surface area contributed by atoms with Gasteiger partial charge in [-0.3, -0.25) is 9.59 Å². The van der Waals surface area contributed by atoms with Crippen molar-refractivity contribution in [3.63, 3.8) is 0 Å². The van der Waals surface area contributed by atoms with Gasteiger partial charge in [0.2, 0.25) is 0 Å². The molecule has 6 nitrogen and oxygen atoms in total. The van der Waals surface area contributed by atoms with Crippen LogP contribution < -0.4 is 15.5 Å². The minimum absolute atomic E-state index is 0.000118. The Bertz CT molecular complexity index is 761. The van der Waals surface area contributed by atoms with Crippen LogP contribution in [-0.4, -0.2) is 37.1 Å². The number of anilines is 1. The van der Waals surface area contributed by atoms with E-state index >= 15 is 0 Å². The zero-order valence-corrected chi connectivity index (χ0v) is 14.8. The molecule has 0 bridgehead atoms. The summed E-state index contributed by atoms with van der Waals surface area (Å²) in [5, 5.41) is 17.2. The normalized spacial score (nSPS) is 14.1. The molecule has 0 radical (unpaired) electrons. The molecule has 1 atom stereocenters. The van der Waals surface area contributed by atoms with E-state index in [2.05, 4.69) is 15.5 Å². The first kappa shape index (κ1) is 17.4. The molecule has 3 N–H and O–H groups in total. The standard InChI is InChI=1S/C18H21N3O3S/c1-21-7-6-12-9-13(4-5-15(12)21)16(22)11-20-18(24)17(23)19-10-14-3-2-8-25-14/h2-5,8-9,16,22H,6-7,10-11H2,1H3,(H,19,23)(H,20,24)/t16-/m0/s1. The Hall–Kier alpha value is -2.38. The molecule has 1 aliphatic heterocycles. The third kappa shape index (κ3) is 4.18. The summed E-state index contributed by atoms with van der Waals surface area (Å²) in [6.07, 6.45) is 0.106. The van der Waals surface area contributed by atoms with Crippen LogP contribution in [0.4, 0.5) is 5.69 Å². The minimum atomic E-state index is -0.842. The summed E-state index contributed by atoms with van der Waals surface area (Å²) in [6.45, 7) is 1.29. The van der Waals surface area contributed by atoms with Crippen LogP contribution in [0.15, 0.2) is 35.7 Å². The molecule has 7 heteroatoms. The van der Waals surface area contributed by atoms with Gasteiger partial charge in [0.25, 0.3) is 0 Å². The van der Waals surface area contributed by atoms with Crippen molar-refractivity contribution in [2.75, 3.05) is 25.0 Å². The Morgan fingerprint density at radius 2 is 2.08 bits per heavy atom. The van der Waals surface area contributed by atoms with Crippen LogP contribution in [0.2, 0.25) is 0 Å². The van der Waals surface area contributed by atoms with Crippen LogP contribution in [0.25, 0.3) is 0 Å². The molecule has 0 aliphatic carbocycles. The number of amides is 2. The van der Waals surface area contributed by atoms with Gasteiger partial charge in [0.1, 0.15) is 0 Å². The summed E-state index contributed by atoms with van der Waals surface area (Å²) in [4.78, 5) is 26.8. The average Bonchev–Trinajstić information content (AvgIpc) is 3.27. The molecule has 1 aliphatic rings. The summed E-state index contributed by atoms with van der Waals surface area (Å²) in [5.41, 5.74) is 3.11. The second-order valence-electron chi connectivity index (χ2n) is 6.05. The van der Waals surface area contributed by atoms with Gasteiger partial charge in [-0.15, -0.1) is 11.3 Å². The van der Waals surface area contributed by atoms with Crippen molar-refractivity contribution in [3.05, 3.63) is 51.7 Å². The van der Waals surface area contributed by atoms with Crippen molar-refractivity contribution in [2.24, 2.45) is 0 Å². The van der Waals surface area contributed by atoms with Gasteiger partial charge in [-0.05, 0) is 35.1 Å². The SMILES string of the molecule is CN1CCc2cc([C@@H](O)CNC(=O)C(=O)NCc3cccs3)ccc21. The van der Waals surface area contributed by atoms with Crippen molar-refractivity contribution < 1.29 is 14.7 Å². The smallest absolute Gasteiger partial charge is 0.309 e. The second-order valence-corrected chi connectivity index (χ2v) is 7.08. The molecule has 1 aromatic carbocycles. The van der Waals surface area contributed by atoms with Crippen LogP contribution in [0.1, 0.15) is 22.1 Å². The van der Waals surface area contributed by atoms with E-state index in [0.29, 0.717) is 6.54 Å². The molecule has 2 amide bonds. The number of nitrogens with zero attached hydrogens (tertiary/aromatic N) is 1. The van der Waals surface area contributed by atoms with E-state index < -0.39 is 17.9 Å². The van der Waals surface area contributed by atoms with Crippen LogP contribution in [0, 0.1) is 0 Å². The van der Waals surface area contributed by atoms with Crippen LogP contribution in [0.3, 0.4) is 0 Å². The van der Waals surface area contributed by atoms with Gasteiger partial charge in [0.15, 0.2) is 0 Å². The van der Waals surface area contributed by atoms with Crippen LogP contribution >= 0.6 is 11.3 Å². The number of thiophene rings is 1. The van der Waals surface area contributed by atoms with Gasteiger partial charge < -0.3 is 20.6 Å². The molecular formula is C18H21N3O3S. The maximum atomic E-state index is 11.8. The second kappa shape index (κ2) is 7.67. The van der Waals surface area contributed by atoms with Gasteiger partial charge in [-0.2, -0.15) is 0 Å². The fourth-order valence-corrected chi connectivity index (χ4v) is 3.49. The zero-order chi connectivity index (χ0) is 17.8. The fraction of sp³-hybridized carbons (Fsp3) is 0.333. The predicted octanol–water partition coefficient (Wildman–Crippen LogP) is 1.21. The first-order valence-corrected chi connectivity index (χ1v) is 9.03. The lowest BCUT2D eigenvalue weighted by molar-refractivity contribution is -0.139. The van der Waals surface area contributed by atoms with Crippen molar-refractivity contribution >= 4 is 28.8 Å². The highest BCUT2D eigenvalue weighted by molar-refractivity contribution is 7.09. The lowest BCUT2D eigenvalue weighted by Crippen LogP contribution is -2.41. The van der Waals surface area contributed by atoms with Gasteiger partial charge in [0.05, 0.1) is 12.6 Å². The van der Waals surface area contributed by atoms with E-state index in [4.69, 9.17) is 0 Å². The highest BCUT2D eigenvalue weighted by Crippen LogP contribution is 2.29. The molecule has 132 valence electrons. The topological polar surface area (TPSA) is 81.7 Å². The number of aliphatic hydroxyl groups excluding tert-OH is 1. The van der Waals surface area contributed by atoms with E-state index in [0.717, 1.165) is 23.4 Å². The van der Waals surface area contributed by atoms with Crippen molar-refractivity contribution in [1.29, 1.82) is 0 Å². The van der Waals surface area contributed by atoms with Crippen molar-refractivity contribution in [1.82, 2.24) is 10.6 Å². The largest absolute Gasteiger partial charge is 0.387 e. The number of rotatable bonds is 5. The summed E-state index contributed by atoms with van der Waals surface area (Å²) in [6, 6.07) is 9.58. The van der Waals surface area contributed by atoms with Gasteiger partial charge in [-0.1, -0.05) is 18.2 Å². The predicted molar refractivity (Wildman–Crippen MR) is 97.6 cm³/mol. The highest BCUT2D eigenvalue weighted by Gasteiger charge is 2.19. The molecule has 0 saturated carbocycles. The Morgan fingerprint density at radius 3 is 2.84 bits per heavy atom. The third-order valence-corrected chi connectivity index (χ3v) is 5.16. The molecule has 3 rings (SSSR count). The Morgan fingerprint density at radius 1 is 1.28 bits per heavy atom. The Balaban J connectivity index is 1.49. The van der Waals surface area contributed by atoms with Crippen LogP contribution in [0.5, 0.6) is 0 Å². The number of carbonyl (C=O) groups excluding carboxylic acids is 2. The number of fused-ring (bicyclic) bond motifs is 1. The summed E-state index contributed by atoms with van der Waals surface area (Å²) >= 11 is 1.51. The molecule has 2 aromatic rings. The quantitative estimate of drug-likeness (QED) is 0.701. The van der Waals surface area contributed by atoms with Gasteiger partial charge in [-0.25, -0.2) is 0 Å². The lowest BCUT2D eigenvalue weighted by atomic mass is 10.0. The number of nitrogens with one attached hydrogen (secondary N) is 2. The molecular weight excluding hydrogens is 338 g/mol. The first-order chi connectivity index (χ1) is 12.0. The molecule has 0 unspecified atom stereocenters. The van der Waals surface area contributed by atoms with Gasteiger partial charge in [0, 0.05) is 30.7 Å². The molecule has 2 heterocycles. The summed E-state index contributed by atoms with van der Waals surface area (Å²) in [7, 11) is 2.04. The fourth-order valence-electron chi connectivity index (χ4n) is 2.84. The number of hydrogen-bond acceptors (Lipinski definition) is 5. The molecule has 1 aromatic heterocycles. The number of likely N-dealkylation sites (N-methyl/N-ethyl adjacent to an activating group) is 1. The maximum absolute atomic E-state index is 11.8. The maximum Gasteiger partial charge on any atom is 0.309 e. The van der Waals surface area contributed by atoms with Crippen LogP contribution in [-0.2, 0) is 22.6 Å². The first-order valence-electron chi connectivity index (χ1n) is 8.15. The number of carbonyl (C=O) groups is 2. The van der Waals surface area contributed by atoms with E-state index in [9.17, 15) is 14.7 Å². The van der Waals surface area contributed by atoms with Crippen molar-refractivity contribution in [2.45, 2.75) is 19.1 Å². The third-order valence-electron chi connectivity index (χ3n) is 4.28. The van der Waals surface area contributed by atoms with Crippen molar-refractivity contribution in [3.8, 4) is 0 Å².